The summed E-state index contributed by atoms with van der Waals surface area (Å²) in [5.41, 5.74) is 6.75. The van der Waals surface area contributed by atoms with Crippen LogP contribution in [-0.4, -0.2) is 5.88 Å². The molecule has 0 N–H and O–H groups in total. The Labute approximate surface area is 98.0 Å². The second kappa shape index (κ2) is 5.37. The molecule has 0 aliphatic carbocycles. The van der Waals surface area contributed by atoms with E-state index in [-0.39, 0.29) is 0 Å². The summed E-state index contributed by atoms with van der Waals surface area (Å²) in [6.45, 7) is 8.64. The molecule has 0 spiro atoms. The lowest BCUT2D eigenvalue weighted by atomic mass is 9.96. The molecule has 0 radical (unpaired) electrons. The summed E-state index contributed by atoms with van der Waals surface area (Å²) < 4.78 is 0. The molecule has 82 valence electrons. The fraction of sp³-hybridized carbons (Fsp3) is 0.429. The third-order valence-electron chi connectivity index (χ3n) is 2.83. The first-order valence-electron chi connectivity index (χ1n) is 5.37. The number of hydrogen-bond donors (Lipinski definition) is 0. The smallest absolute Gasteiger partial charge is 0.0258 e. The summed E-state index contributed by atoms with van der Waals surface area (Å²) in [4.78, 5) is 0. The van der Waals surface area contributed by atoms with Crippen LogP contribution in [0.1, 0.15) is 35.6 Å². The molecule has 0 aliphatic heterocycles. The number of halogens is 1. The minimum atomic E-state index is 0.696. The van der Waals surface area contributed by atoms with Gasteiger partial charge in [0.15, 0.2) is 0 Å². The van der Waals surface area contributed by atoms with Gasteiger partial charge in [-0.15, -0.1) is 11.6 Å². The van der Waals surface area contributed by atoms with E-state index in [1.807, 2.05) is 0 Å². The number of benzene rings is 1. The number of hydrogen-bond acceptors (Lipinski definition) is 0. The van der Waals surface area contributed by atoms with Gasteiger partial charge in [0, 0.05) is 5.88 Å². The normalized spacial score (nSPS) is 11.9. The van der Waals surface area contributed by atoms with Crippen molar-refractivity contribution < 1.29 is 0 Å². The number of rotatable bonds is 3. The van der Waals surface area contributed by atoms with E-state index < -0.39 is 0 Å². The Morgan fingerprint density at radius 3 is 2.33 bits per heavy atom. The molecule has 0 aliphatic rings. The molecule has 1 rings (SSSR count). The van der Waals surface area contributed by atoms with E-state index in [1.54, 1.807) is 0 Å². The highest BCUT2D eigenvalue weighted by molar-refractivity contribution is 6.17. The van der Waals surface area contributed by atoms with Crippen molar-refractivity contribution in [2.75, 3.05) is 5.88 Å². The van der Waals surface area contributed by atoms with Gasteiger partial charge in [0.1, 0.15) is 0 Å². The predicted molar refractivity (Wildman–Crippen MR) is 69.6 cm³/mol. The van der Waals surface area contributed by atoms with Crippen LogP contribution in [0.15, 0.2) is 18.2 Å². The lowest BCUT2D eigenvalue weighted by Crippen LogP contribution is -1.91. The van der Waals surface area contributed by atoms with Crippen LogP contribution in [0.25, 0.3) is 5.57 Å². The van der Waals surface area contributed by atoms with E-state index in [1.165, 1.54) is 27.8 Å². The summed E-state index contributed by atoms with van der Waals surface area (Å²) in [6, 6.07) is 4.52. The standard InChI is InChI=1S/C14H19Cl/c1-10(6-5-7-15)14-9-12(3)11(2)8-13(14)4/h6,8-9H,5,7H2,1-4H3. The molecule has 1 aromatic rings. The average Bonchev–Trinajstić information content (AvgIpc) is 2.20. The van der Waals surface area contributed by atoms with Gasteiger partial charge in [-0.1, -0.05) is 18.2 Å². The highest BCUT2D eigenvalue weighted by Crippen LogP contribution is 2.22. The van der Waals surface area contributed by atoms with Crippen molar-refractivity contribution in [3.05, 3.63) is 40.5 Å². The molecule has 0 amide bonds. The van der Waals surface area contributed by atoms with E-state index in [0.29, 0.717) is 5.88 Å². The lowest BCUT2D eigenvalue weighted by molar-refractivity contribution is 1.22. The quantitative estimate of drug-likeness (QED) is 0.654. The molecule has 0 nitrogen and oxygen atoms in total. The maximum Gasteiger partial charge on any atom is 0.0258 e. The Bertz CT molecular complexity index is 375. The molecule has 0 saturated heterocycles. The maximum atomic E-state index is 5.68. The second-order valence-corrected chi connectivity index (χ2v) is 4.49. The molecule has 0 atom stereocenters. The first-order valence-corrected chi connectivity index (χ1v) is 5.90. The van der Waals surface area contributed by atoms with Gasteiger partial charge >= 0.3 is 0 Å². The minimum Gasteiger partial charge on any atom is -0.126 e. The molecule has 1 aromatic carbocycles. The highest BCUT2D eigenvalue weighted by atomic mass is 35.5. The Balaban J connectivity index is 3.09. The summed E-state index contributed by atoms with van der Waals surface area (Å²) in [5.74, 6) is 0.696. The van der Waals surface area contributed by atoms with Gasteiger partial charge in [-0.3, -0.25) is 0 Å². The maximum absolute atomic E-state index is 5.68. The van der Waals surface area contributed by atoms with Crippen LogP contribution in [0.5, 0.6) is 0 Å². The summed E-state index contributed by atoms with van der Waals surface area (Å²) in [6.07, 6.45) is 3.16. The van der Waals surface area contributed by atoms with Crippen LogP contribution in [-0.2, 0) is 0 Å². The van der Waals surface area contributed by atoms with E-state index in [2.05, 4.69) is 45.9 Å². The molecular weight excluding hydrogens is 204 g/mol. The third kappa shape index (κ3) is 3.10. The van der Waals surface area contributed by atoms with Crippen molar-refractivity contribution >= 4 is 17.2 Å². The van der Waals surface area contributed by atoms with Gasteiger partial charge in [-0.2, -0.15) is 0 Å². The van der Waals surface area contributed by atoms with Crippen molar-refractivity contribution in [3.8, 4) is 0 Å². The van der Waals surface area contributed by atoms with E-state index in [9.17, 15) is 0 Å². The third-order valence-corrected chi connectivity index (χ3v) is 3.04. The molecule has 1 heteroatoms. The van der Waals surface area contributed by atoms with Crippen molar-refractivity contribution in [3.63, 3.8) is 0 Å². The van der Waals surface area contributed by atoms with Gasteiger partial charge in [0.2, 0.25) is 0 Å². The zero-order chi connectivity index (χ0) is 11.4. The van der Waals surface area contributed by atoms with E-state index in [0.717, 1.165) is 6.42 Å². The largest absolute Gasteiger partial charge is 0.126 e. The van der Waals surface area contributed by atoms with E-state index in [4.69, 9.17) is 11.6 Å². The van der Waals surface area contributed by atoms with Crippen molar-refractivity contribution in [2.45, 2.75) is 34.1 Å². The van der Waals surface area contributed by atoms with Crippen molar-refractivity contribution in [1.29, 1.82) is 0 Å². The van der Waals surface area contributed by atoms with E-state index >= 15 is 0 Å². The molecule has 0 unspecified atom stereocenters. The summed E-state index contributed by atoms with van der Waals surface area (Å²) in [5, 5.41) is 0. The Morgan fingerprint density at radius 2 is 1.73 bits per heavy atom. The molecule has 0 heterocycles. The molecule has 0 aromatic heterocycles. The highest BCUT2D eigenvalue weighted by Gasteiger charge is 2.03. The monoisotopic (exact) mass is 222 g/mol. The van der Waals surface area contributed by atoms with Gasteiger partial charge in [0.25, 0.3) is 0 Å². The zero-order valence-corrected chi connectivity index (χ0v) is 10.8. The Hall–Kier alpha value is -0.750. The van der Waals surface area contributed by atoms with Crippen LogP contribution < -0.4 is 0 Å². The fourth-order valence-electron chi connectivity index (χ4n) is 1.77. The second-order valence-electron chi connectivity index (χ2n) is 4.12. The molecular formula is C14H19Cl. The van der Waals surface area contributed by atoms with Gasteiger partial charge < -0.3 is 0 Å². The van der Waals surface area contributed by atoms with Crippen LogP contribution in [0, 0.1) is 20.8 Å². The molecule has 15 heavy (non-hydrogen) atoms. The SMILES string of the molecule is CC(=CCCCl)c1cc(C)c(C)cc1C. The summed E-state index contributed by atoms with van der Waals surface area (Å²) >= 11 is 5.68. The number of aryl methyl sites for hydroxylation is 3. The molecule has 0 bridgehead atoms. The van der Waals surface area contributed by atoms with Crippen LogP contribution in [0.4, 0.5) is 0 Å². The van der Waals surface area contributed by atoms with Crippen LogP contribution in [0.3, 0.4) is 0 Å². The van der Waals surface area contributed by atoms with Gasteiger partial charge in [0.05, 0.1) is 0 Å². The Kier molecular flexibility index (Phi) is 4.41. The first kappa shape index (κ1) is 12.3. The van der Waals surface area contributed by atoms with Crippen LogP contribution in [0.2, 0.25) is 0 Å². The van der Waals surface area contributed by atoms with Crippen LogP contribution >= 0.6 is 11.6 Å². The summed E-state index contributed by atoms with van der Waals surface area (Å²) in [7, 11) is 0. The zero-order valence-electron chi connectivity index (χ0n) is 10.0. The first-order chi connectivity index (χ1) is 7.06. The fourth-order valence-corrected chi connectivity index (χ4v) is 1.88. The van der Waals surface area contributed by atoms with Gasteiger partial charge in [-0.25, -0.2) is 0 Å². The van der Waals surface area contributed by atoms with Gasteiger partial charge in [-0.05, 0) is 61.9 Å². The van der Waals surface area contributed by atoms with Crippen molar-refractivity contribution in [2.24, 2.45) is 0 Å². The molecule has 0 fully saturated rings. The number of alkyl halides is 1. The van der Waals surface area contributed by atoms with Crippen molar-refractivity contribution in [1.82, 2.24) is 0 Å². The topological polar surface area (TPSA) is 0 Å². The lowest BCUT2D eigenvalue weighted by Gasteiger charge is -2.10. The molecule has 0 saturated carbocycles. The number of allylic oxidation sites excluding steroid dienone is 2. The Morgan fingerprint density at radius 1 is 1.13 bits per heavy atom. The average molecular weight is 223 g/mol. The minimum absolute atomic E-state index is 0.696. The predicted octanol–water partition coefficient (Wildman–Crippen LogP) is 4.64.